The highest BCUT2D eigenvalue weighted by Crippen LogP contribution is 2.41. The number of benzene rings is 2. The summed E-state index contributed by atoms with van der Waals surface area (Å²) in [5.41, 5.74) is 2.20. The minimum Gasteiger partial charge on any atom is -0.507 e. The molecule has 5 rings (SSSR count). The van der Waals surface area contributed by atoms with Crippen molar-refractivity contribution in [2.45, 2.75) is 38.5 Å². The Kier molecular flexibility index (Phi) is 5.87. The van der Waals surface area contributed by atoms with Gasteiger partial charge in [-0.25, -0.2) is 4.98 Å². The number of hydrogen-bond donors (Lipinski definition) is 1. The van der Waals surface area contributed by atoms with E-state index in [1.165, 1.54) is 4.90 Å². The lowest BCUT2D eigenvalue weighted by atomic mass is 9.94. The number of ketones is 1. The van der Waals surface area contributed by atoms with Gasteiger partial charge in [0.25, 0.3) is 11.7 Å². The molecule has 8 heteroatoms. The first-order chi connectivity index (χ1) is 16.4. The third kappa shape index (κ3) is 4.07. The number of aryl methyl sites for hydroxylation is 1. The van der Waals surface area contributed by atoms with Crippen LogP contribution in [0.5, 0.6) is 5.75 Å². The van der Waals surface area contributed by atoms with Crippen LogP contribution in [0.2, 0.25) is 5.02 Å². The van der Waals surface area contributed by atoms with E-state index >= 15 is 0 Å². The Bertz CT molecular complexity index is 1280. The van der Waals surface area contributed by atoms with Gasteiger partial charge in [-0.2, -0.15) is 0 Å². The van der Waals surface area contributed by atoms with Crippen molar-refractivity contribution in [1.82, 2.24) is 14.5 Å². The van der Waals surface area contributed by atoms with Crippen LogP contribution in [0.4, 0.5) is 0 Å². The van der Waals surface area contributed by atoms with Crippen molar-refractivity contribution >= 4 is 29.1 Å². The summed E-state index contributed by atoms with van der Waals surface area (Å²) in [4.78, 5) is 31.9. The summed E-state index contributed by atoms with van der Waals surface area (Å²) in [6.07, 6.45) is 6.65. The van der Waals surface area contributed by atoms with Gasteiger partial charge >= 0.3 is 0 Å². The number of ether oxygens (including phenoxy) is 1. The van der Waals surface area contributed by atoms with Crippen molar-refractivity contribution in [2.75, 3.05) is 6.54 Å². The number of aromatic nitrogens is 2. The number of nitrogens with zero attached hydrogens (tertiary/aromatic N) is 3. The number of Topliss-reactive ketones (excluding diaryl/α,β-unsaturated/α-hetero) is 1. The maximum absolute atomic E-state index is 13.2. The van der Waals surface area contributed by atoms with E-state index in [-0.39, 0.29) is 17.4 Å². The Morgan fingerprint density at radius 3 is 2.82 bits per heavy atom. The van der Waals surface area contributed by atoms with Crippen LogP contribution in [0.1, 0.15) is 36.1 Å². The number of carbonyl (C=O) groups is 2. The average molecular weight is 478 g/mol. The molecule has 2 aliphatic heterocycles. The Morgan fingerprint density at radius 2 is 2.06 bits per heavy atom. The minimum absolute atomic E-state index is 0.0555. The summed E-state index contributed by atoms with van der Waals surface area (Å²) in [5.74, 6) is -0.747. The molecule has 1 saturated heterocycles. The first kappa shape index (κ1) is 22.2. The molecule has 2 atom stereocenters. The highest BCUT2D eigenvalue weighted by Gasteiger charge is 2.46. The summed E-state index contributed by atoms with van der Waals surface area (Å²) in [6, 6.07) is 11.7. The van der Waals surface area contributed by atoms with Crippen LogP contribution >= 0.6 is 11.6 Å². The molecule has 34 heavy (non-hydrogen) atoms. The third-order valence-electron chi connectivity index (χ3n) is 6.25. The van der Waals surface area contributed by atoms with Crippen LogP contribution in [0, 0.1) is 0 Å². The molecule has 0 saturated carbocycles. The topological polar surface area (TPSA) is 84.7 Å². The normalized spacial score (nSPS) is 21.1. The average Bonchev–Trinajstić information content (AvgIpc) is 3.52. The molecule has 1 amide bonds. The fourth-order valence-corrected chi connectivity index (χ4v) is 4.90. The predicted molar refractivity (Wildman–Crippen MR) is 128 cm³/mol. The molecule has 3 aromatic rings. The Labute approximate surface area is 202 Å². The van der Waals surface area contributed by atoms with E-state index < -0.39 is 17.7 Å². The molecular formula is C26H24ClN3O4. The van der Waals surface area contributed by atoms with E-state index in [4.69, 9.17) is 16.3 Å². The first-order valence-electron chi connectivity index (χ1n) is 11.2. The van der Waals surface area contributed by atoms with Gasteiger partial charge in [-0.15, -0.1) is 0 Å². The van der Waals surface area contributed by atoms with E-state index in [1.807, 2.05) is 29.8 Å². The Balaban J connectivity index is 1.53. The van der Waals surface area contributed by atoms with Crippen molar-refractivity contribution in [3.05, 3.63) is 88.5 Å². The molecule has 0 bridgehead atoms. The van der Waals surface area contributed by atoms with Gasteiger partial charge in [-0.3, -0.25) is 9.59 Å². The van der Waals surface area contributed by atoms with Gasteiger partial charge in [0.1, 0.15) is 17.6 Å². The van der Waals surface area contributed by atoms with Crippen molar-refractivity contribution in [1.29, 1.82) is 0 Å². The predicted octanol–water partition coefficient (Wildman–Crippen LogP) is 4.37. The summed E-state index contributed by atoms with van der Waals surface area (Å²) in [5, 5.41) is 11.8. The van der Waals surface area contributed by atoms with Crippen LogP contribution in [0.3, 0.4) is 0 Å². The summed E-state index contributed by atoms with van der Waals surface area (Å²) in [7, 11) is 0. The lowest BCUT2D eigenvalue weighted by Crippen LogP contribution is -2.31. The SMILES string of the molecule is C[C@H]1Cc2cc(/C(O)=C3\C(=O)C(=O)N(CCCn4ccnc4)[C@@H]3c3cccc(Cl)c3)ccc2O1. The molecule has 174 valence electrons. The maximum atomic E-state index is 13.2. The van der Waals surface area contributed by atoms with Gasteiger partial charge in [0, 0.05) is 42.5 Å². The monoisotopic (exact) mass is 477 g/mol. The summed E-state index contributed by atoms with van der Waals surface area (Å²) in [6.45, 7) is 2.97. The standard InChI is InChI=1S/C26H24ClN3O4/c1-16-12-19-13-18(6-7-21(19)34-16)24(31)22-23(17-4-2-5-20(27)14-17)30(26(33)25(22)32)10-3-9-29-11-8-28-15-29/h2,4-8,11,13-16,23,31H,3,9-10,12H2,1H3/b24-22+/t16-,23+/m0/s1. The maximum Gasteiger partial charge on any atom is 0.295 e. The zero-order chi connectivity index (χ0) is 23.8. The fraction of sp³-hybridized carbons (Fsp3) is 0.269. The molecule has 1 fully saturated rings. The molecule has 2 aromatic carbocycles. The second-order valence-electron chi connectivity index (χ2n) is 8.66. The van der Waals surface area contributed by atoms with Crippen LogP contribution < -0.4 is 4.74 Å². The van der Waals surface area contributed by atoms with Crippen molar-refractivity contribution < 1.29 is 19.4 Å². The molecule has 1 N–H and O–H groups in total. The van der Waals surface area contributed by atoms with E-state index in [0.29, 0.717) is 35.7 Å². The number of likely N-dealkylation sites (tertiary alicyclic amines) is 1. The van der Waals surface area contributed by atoms with Gasteiger partial charge in [-0.05, 0) is 54.8 Å². The number of amides is 1. The molecule has 0 aliphatic carbocycles. The number of imidazole rings is 1. The zero-order valence-electron chi connectivity index (χ0n) is 18.6. The number of rotatable bonds is 6. The Morgan fingerprint density at radius 1 is 1.21 bits per heavy atom. The van der Waals surface area contributed by atoms with Crippen LogP contribution in [0.25, 0.3) is 5.76 Å². The van der Waals surface area contributed by atoms with Gasteiger partial charge in [0.05, 0.1) is 17.9 Å². The first-order valence-corrected chi connectivity index (χ1v) is 11.6. The van der Waals surface area contributed by atoms with Crippen molar-refractivity contribution in [3.8, 4) is 5.75 Å². The van der Waals surface area contributed by atoms with Gasteiger partial charge in [0.15, 0.2) is 0 Å². The molecular weight excluding hydrogens is 454 g/mol. The highest BCUT2D eigenvalue weighted by atomic mass is 35.5. The number of aliphatic hydroxyl groups is 1. The highest BCUT2D eigenvalue weighted by molar-refractivity contribution is 6.46. The molecule has 7 nitrogen and oxygen atoms in total. The smallest absolute Gasteiger partial charge is 0.295 e. The molecule has 0 spiro atoms. The number of fused-ring (bicyclic) bond motifs is 1. The number of carbonyl (C=O) groups excluding carboxylic acids is 2. The van der Waals surface area contributed by atoms with E-state index in [0.717, 1.165) is 17.7 Å². The quantitative estimate of drug-likeness (QED) is 0.324. The molecule has 2 aliphatic rings. The Hall–Kier alpha value is -3.58. The van der Waals surface area contributed by atoms with Gasteiger partial charge in [0.2, 0.25) is 0 Å². The van der Waals surface area contributed by atoms with Crippen LogP contribution in [0.15, 0.2) is 66.8 Å². The second-order valence-corrected chi connectivity index (χ2v) is 9.09. The largest absolute Gasteiger partial charge is 0.507 e. The van der Waals surface area contributed by atoms with E-state index in [1.54, 1.807) is 42.9 Å². The summed E-state index contributed by atoms with van der Waals surface area (Å²) < 4.78 is 7.67. The third-order valence-corrected chi connectivity index (χ3v) is 6.48. The van der Waals surface area contributed by atoms with E-state index in [2.05, 4.69) is 4.98 Å². The van der Waals surface area contributed by atoms with E-state index in [9.17, 15) is 14.7 Å². The van der Waals surface area contributed by atoms with Gasteiger partial charge < -0.3 is 19.3 Å². The lowest BCUT2D eigenvalue weighted by molar-refractivity contribution is -0.139. The van der Waals surface area contributed by atoms with Crippen molar-refractivity contribution in [3.63, 3.8) is 0 Å². The minimum atomic E-state index is -0.732. The number of halogens is 1. The van der Waals surface area contributed by atoms with Crippen LogP contribution in [-0.4, -0.2) is 43.9 Å². The fourth-order valence-electron chi connectivity index (χ4n) is 4.70. The number of aliphatic hydroxyl groups excluding tert-OH is 1. The van der Waals surface area contributed by atoms with Crippen molar-refractivity contribution in [2.24, 2.45) is 0 Å². The van der Waals surface area contributed by atoms with Gasteiger partial charge in [-0.1, -0.05) is 23.7 Å². The summed E-state index contributed by atoms with van der Waals surface area (Å²) >= 11 is 6.25. The molecule has 0 radical (unpaired) electrons. The molecule has 3 heterocycles. The number of hydrogen-bond acceptors (Lipinski definition) is 5. The lowest BCUT2D eigenvalue weighted by Gasteiger charge is -2.25. The zero-order valence-corrected chi connectivity index (χ0v) is 19.4. The molecule has 0 unspecified atom stereocenters. The van der Waals surface area contributed by atoms with Crippen LogP contribution in [-0.2, 0) is 22.6 Å². The molecule has 1 aromatic heterocycles. The second kappa shape index (κ2) is 8.99.